The number of nitrogens with one attached hydrogen (secondary N) is 1. The lowest BCUT2D eigenvalue weighted by Gasteiger charge is -2.35. The molecule has 0 fully saturated rings. The lowest BCUT2D eigenvalue weighted by atomic mass is 10.00. The number of ether oxygens (including phenoxy) is 1. The van der Waals surface area contributed by atoms with Crippen LogP contribution < -0.4 is 14.4 Å². The lowest BCUT2D eigenvalue weighted by molar-refractivity contribution is -0.140. The molecule has 8 nitrogen and oxygen atoms in total. The van der Waals surface area contributed by atoms with Crippen LogP contribution >= 0.6 is 11.8 Å². The molecule has 0 aromatic heterocycles. The average molecular weight is 688 g/mol. The highest BCUT2D eigenvalue weighted by Gasteiger charge is 2.35. The zero-order valence-electron chi connectivity index (χ0n) is 28.5. The van der Waals surface area contributed by atoms with Gasteiger partial charge >= 0.3 is 0 Å². The van der Waals surface area contributed by atoms with E-state index < -0.39 is 34.1 Å². The van der Waals surface area contributed by atoms with Crippen LogP contribution in [0.5, 0.6) is 5.75 Å². The summed E-state index contributed by atoms with van der Waals surface area (Å²) < 4.78 is 35.4. The van der Waals surface area contributed by atoms with Crippen LogP contribution in [0.3, 0.4) is 0 Å². The van der Waals surface area contributed by atoms with Crippen LogP contribution in [-0.2, 0) is 32.6 Å². The number of carbonyl (C=O) groups is 2. The van der Waals surface area contributed by atoms with Gasteiger partial charge in [-0.25, -0.2) is 8.42 Å². The lowest BCUT2D eigenvalue weighted by Crippen LogP contribution is -2.56. The van der Waals surface area contributed by atoms with E-state index in [0.29, 0.717) is 18.0 Å². The minimum Gasteiger partial charge on any atom is -0.494 e. The molecule has 0 aliphatic heterocycles. The van der Waals surface area contributed by atoms with Crippen molar-refractivity contribution < 1.29 is 22.7 Å². The fourth-order valence-electron chi connectivity index (χ4n) is 5.26. The molecule has 254 valence electrons. The van der Waals surface area contributed by atoms with Crippen molar-refractivity contribution in [3.05, 3.63) is 120 Å². The first-order valence-corrected chi connectivity index (χ1v) is 18.6. The molecule has 0 saturated carbocycles. The van der Waals surface area contributed by atoms with Gasteiger partial charge in [-0.05, 0) is 106 Å². The predicted molar refractivity (Wildman–Crippen MR) is 194 cm³/mol. The topological polar surface area (TPSA) is 96.0 Å². The zero-order valence-corrected chi connectivity index (χ0v) is 30.1. The molecule has 0 bridgehead atoms. The summed E-state index contributed by atoms with van der Waals surface area (Å²) in [4.78, 5) is 31.3. The SMILES string of the molecule is CCOc1ccc(N(CC(=O)N(Cc2ccccc2C)[C@H](Cc2ccccc2)C(=O)NC(C)(C)C)S(=O)(=O)c2ccc(SC)cc2)cc1. The number of sulfonamides is 1. The largest absolute Gasteiger partial charge is 0.494 e. The number of aryl methyl sites for hydroxylation is 1. The molecular weight excluding hydrogens is 643 g/mol. The van der Waals surface area contributed by atoms with Crippen molar-refractivity contribution >= 4 is 39.3 Å². The molecule has 0 heterocycles. The quantitative estimate of drug-likeness (QED) is 0.146. The maximum atomic E-state index is 14.7. The van der Waals surface area contributed by atoms with Crippen LogP contribution in [0.15, 0.2) is 113 Å². The third-order valence-electron chi connectivity index (χ3n) is 7.73. The van der Waals surface area contributed by atoms with Crippen molar-refractivity contribution in [2.75, 3.05) is 23.7 Å². The number of anilines is 1. The molecule has 4 aromatic rings. The Morgan fingerprint density at radius 3 is 2.08 bits per heavy atom. The minimum absolute atomic E-state index is 0.0544. The Hall–Kier alpha value is -4.28. The molecule has 1 atom stereocenters. The van der Waals surface area contributed by atoms with Crippen LogP contribution in [0, 0.1) is 6.92 Å². The molecule has 1 N–H and O–H groups in total. The zero-order chi connectivity index (χ0) is 34.9. The maximum Gasteiger partial charge on any atom is 0.264 e. The van der Waals surface area contributed by atoms with E-state index in [9.17, 15) is 18.0 Å². The van der Waals surface area contributed by atoms with Crippen molar-refractivity contribution in [2.24, 2.45) is 0 Å². The standard InChI is InChI=1S/C38H45N3O5S2/c1-7-46-32-19-17-31(18-20-32)41(48(44,45)34-23-21-33(47-6)22-24-34)27-36(42)40(26-30-16-12-11-13-28(30)2)35(37(43)39-38(3,4)5)25-29-14-9-8-10-15-29/h8-24,35H,7,25-27H2,1-6H3,(H,39,43)/t35-/m1/s1. The smallest absolute Gasteiger partial charge is 0.264 e. The monoisotopic (exact) mass is 687 g/mol. The summed E-state index contributed by atoms with van der Waals surface area (Å²) in [6.45, 7) is 9.53. The highest BCUT2D eigenvalue weighted by molar-refractivity contribution is 7.98. The molecule has 10 heteroatoms. The van der Waals surface area contributed by atoms with Crippen LogP contribution in [0.2, 0.25) is 0 Å². The number of hydrogen-bond donors (Lipinski definition) is 1. The van der Waals surface area contributed by atoms with Gasteiger partial charge in [-0.15, -0.1) is 11.8 Å². The van der Waals surface area contributed by atoms with E-state index in [1.807, 2.05) is 95.5 Å². The van der Waals surface area contributed by atoms with Crippen molar-refractivity contribution in [3.8, 4) is 5.75 Å². The Labute approximate surface area is 289 Å². The van der Waals surface area contributed by atoms with Gasteiger partial charge in [0.25, 0.3) is 10.0 Å². The summed E-state index contributed by atoms with van der Waals surface area (Å²) in [6, 6.07) is 29.5. The van der Waals surface area contributed by atoms with Gasteiger partial charge in [-0.2, -0.15) is 0 Å². The van der Waals surface area contributed by atoms with Gasteiger partial charge in [0.15, 0.2) is 0 Å². The summed E-state index contributed by atoms with van der Waals surface area (Å²) in [7, 11) is -4.21. The van der Waals surface area contributed by atoms with Crippen molar-refractivity contribution in [1.82, 2.24) is 10.2 Å². The fraction of sp³-hybridized carbons (Fsp3) is 0.316. The first-order chi connectivity index (χ1) is 22.8. The van der Waals surface area contributed by atoms with Gasteiger partial charge in [0.05, 0.1) is 17.2 Å². The van der Waals surface area contributed by atoms with E-state index in [1.165, 1.54) is 16.7 Å². The van der Waals surface area contributed by atoms with Gasteiger partial charge in [0.1, 0.15) is 18.3 Å². The fourth-order valence-corrected chi connectivity index (χ4v) is 7.08. The number of hydrogen-bond acceptors (Lipinski definition) is 6. The van der Waals surface area contributed by atoms with Gasteiger partial charge < -0.3 is 15.0 Å². The summed E-state index contributed by atoms with van der Waals surface area (Å²) in [5.74, 6) is -0.255. The molecule has 48 heavy (non-hydrogen) atoms. The third-order valence-corrected chi connectivity index (χ3v) is 10.3. The molecule has 0 spiro atoms. The van der Waals surface area contributed by atoms with Crippen LogP contribution in [0.25, 0.3) is 0 Å². The maximum absolute atomic E-state index is 14.7. The number of rotatable bonds is 14. The Morgan fingerprint density at radius 1 is 0.875 bits per heavy atom. The van der Waals surface area contributed by atoms with E-state index >= 15 is 0 Å². The van der Waals surface area contributed by atoms with E-state index in [-0.39, 0.29) is 23.8 Å². The molecule has 2 amide bonds. The number of benzene rings is 4. The van der Waals surface area contributed by atoms with Crippen LogP contribution in [-0.4, -0.2) is 56.1 Å². The Kier molecular flexibility index (Phi) is 12.3. The Bertz CT molecular complexity index is 1770. The highest BCUT2D eigenvalue weighted by atomic mass is 32.2. The second-order valence-electron chi connectivity index (χ2n) is 12.5. The molecule has 4 aromatic carbocycles. The average Bonchev–Trinajstić information content (AvgIpc) is 3.06. The van der Waals surface area contributed by atoms with Crippen molar-refractivity contribution in [2.45, 2.75) is 69.0 Å². The van der Waals surface area contributed by atoms with Crippen LogP contribution in [0.1, 0.15) is 44.4 Å². The summed E-state index contributed by atoms with van der Waals surface area (Å²) in [5, 5.41) is 3.06. The van der Waals surface area contributed by atoms with Gasteiger partial charge in [0.2, 0.25) is 11.8 Å². The predicted octanol–water partition coefficient (Wildman–Crippen LogP) is 6.87. The molecule has 0 aliphatic rings. The summed E-state index contributed by atoms with van der Waals surface area (Å²) in [6.07, 6.45) is 2.16. The number of nitrogens with zero attached hydrogens (tertiary/aromatic N) is 2. The first-order valence-electron chi connectivity index (χ1n) is 15.9. The van der Waals surface area contributed by atoms with Crippen molar-refractivity contribution in [3.63, 3.8) is 0 Å². The Morgan fingerprint density at radius 2 is 1.50 bits per heavy atom. The number of thioether (sulfide) groups is 1. The van der Waals surface area contributed by atoms with E-state index in [0.717, 1.165) is 25.9 Å². The third kappa shape index (κ3) is 9.64. The van der Waals surface area contributed by atoms with Gasteiger partial charge in [-0.3, -0.25) is 13.9 Å². The summed E-state index contributed by atoms with van der Waals surface area (Å²) in [5.41, 5.74) is 2.42. The molecule has 0 saturated heterocycles. The van der Waals surface area contributed by atoms with Crippen molar-refractivity contribution in [1.29, 1.82) is 0 Å². The molecule has 0 radical (unpaired) electrons. The second kappa shape index (κ2) is 16.2. The normalized spacial score (nSPS) is 12.2. The van der Waals surface area contributed by atoms with E-state index in [2.05, 4.69) is 5.32 Å². The van der Waals surface area contributed by atoms with Crippen LogP contribution in [0.4, 0.5) is 5.69 Å². The second-order valence-corrected chi connectivity index (χ2v) is 15.2. The van der Waals surface area contributed by atoms with E-state index in [4.69, 9.17) is 4.74 Å². The molecular formula is C38H45N3O5S2. The molecule has 0 unspecified atom stereocenters. The summed E-state index contributed by atoms with van der Waals surface area (Å²) >= 11 is 1.50. The highest BCUT2D eigenvalue weighted by Crippen LogP contribution is 2.28. The molecule has 0 aliphatic carbocycles. The first kappa shape index (κ1) is 36.6. The Balaban J connectivity index is 1.83. The number of amides is 2. The molecule has 4 rings (SSSR count). The van der Waals surface area contributed by atoms with Gasteiger partial charge in [-0.1, -0.05) is 54.6 Å². The number of carbonyl (C=O) groups excluding carboxylic acids is 2. The van der Waals surface area contributed by atoms with Gasteiger partial charge in [0, 0.05) is 23.4 Å². The van der Waals surface area contributed by atoms with E-state index in [1.54, 1.807) is 48.5 Å². The minimum atomic E-state index is -4.21.